The first kappa shape index (κ1) is 29.5. The van der Waals surface area contributed by atoms with E-state index in [0.29, 0.717) is 18.4 Å². The molecule has 0 unspecified atom stereocenters. The summed E-state index contributed by atoms with van der Waals surface area (Å²) in [5.74, 6) is 1.68. The van der Waals surface area contributed by atoms with Crippen molar-refractivity contribution in [3.8, 4) is 11.5 Å². The number of benzene rings is 3. The summed E-state index contributed by atoms with van der Waals surface area (Å²) in [5, 5.41) is 0. The van der Waals surface area contributed by atoms with E-state index in [1.807, 2.05) is 42.5 Å². The number of rotatable bonds is 8. The van der Waals surface area contributed by atoms with Crippen molar-refractivity contribution in [1.82, 2.24) is 4.90 Å². The van der Waals surface area contributed by atoms with Crippen molar-refractivity contribution in [2.45, 2.75) is 32.1 Å². The molecule has 1 fully saturated rings. The van der Waals surface area contributed by atoms with Crippen molar-refractivity contribution >= 4 is 27.0 Å². The number of allylic oxidation sites excluding steroid dienone is 2. The Labute approximate surface area is 237 Å². The Morgan fingerprint density at radius 2 is 1.50 bits per heavy atom. The first-order valence-corrected chi connectivity index (χ1v) is 15.5. The molecule has 1 N–H and O–H groups in total. The number of ketones is 1. The van der Waals surface area contributed by atoms with Gasteiger partial charge in [-0.15, -0.1) is 0 Å². The summed E-state index contributed by atoms with van der Waals surface area (Å²) in [5.41, 5.74) is 5.92. The number of methoxy groups -OCH3 is 1. The van der Waals surface area contributed by atoms with Crippen molar-refractivity contribution in [1.29, 1.82) is 0 Å². The fourth-order valence-corrected chi connectivity index (χ4v) is 5.19. The van der Waals surface area contributed by atoms with E-state index in [0.717, 1.165) is 53.2 Å². The second kappa shape index (κ2) is 13.7. The standard InChI is InChI=1S/C31H33NO3.CH4O3S/c1-34-26-14-9-24(10-15-26)29-18-13-23-7-3-4-8-28(23)30(29)31(33)25-11-16-27(17-12-25)35-22-21-32-19-5-2-6-20-32;1-5(2,3)4/h3-4,7-12,14-17H,2,5-6,13,18-22H2,1H3;1H3,(H,2,3,4). The monoisotopic (exact) mass is 563 g/mol. The number of ether oxygens (including phenoxy) is 2. The number of nitrogens with zero attached hydrogens (tertiary/aromatic N) is 1. The molecule has 3 aromatic carbocycles. The number of fused-ring (bicyclic) bond motifs is 1. The number of piperidine rings is 1. The highest BCUT2D eigenvalue weighted by Crippen LogP contribution is 2.39. The summed E-state index contributed by atoms with van der Waals surface area (Å²) >= 11 is 0. The zero-order valence-electron chi connectivity index (χ0n) is 23.1. The largest absolute Gasteiger partial charge is 0.497 e. The average molecular weight is 564 g/mol. The molecule has 0 spiro atoms. The highest BCUT2D eigenvalue weighted by atomic mass is 32.2. The van der Waals surface area contributed by atoms with Crippen LogP contribution >= 0.6 is 0 Å². The second-order valence-electron chi connectivity index (χ2n) is 10.1. The Kier molecular flexibility index (Phi) is 10.1. The van der Waals surface area contributed by atoms with Crippen LogP contribution in [0.4, 0.5) is 0 Å². The SMILES string of the molecule is COc1ccc(C2=C(C(=O)c3ccc(OCCN4CCCCC4)cc3)c3ccccc3CC2)cc1.CS(=O)(=O)O. The van der Waals surface area contributed by atoms with E-state index < -0.39 is 10.1 Å². The van der Waals surface area contributed by atoms with Crippen LogP contribution in [0, 0.1) is 0 Å². The van der Waals surface area contributed by atoms with Crippen molar-refractivity contribution in [2.75, 3.05) is 39.6 Å². The van der Waals surface area contributed by atoms with Gasteiger partial charge in [0.1, 0.15) is 18.1 Å². The molecular formula is C32H37NO6S. The van der Waals surface area contributed by atoms with Crippen molar-refractivity contribution < 1.29 is 27.2 Å². The van der Waals surface area contributed by atoms with Crippen LogP contribution in [0.15, 0.2) is 72.8 Å². The maximum absolute atomic E-state index is 13.9. The molecule has 0 radical (unpaired) electrons. The quantitative estimate of drug-likeness (QED) is 0.273. The smallest absolute Gasteiger partial charge is 0.261 e. The lowest BCUT2D eigenvalue weighted by atomic mass is 9.79. The molecule has 0 saturated carbocycles. The molecule has 8 heteroatoms. The molecule has 3 aromatic rings. The molecule has 40 heavy (non-hydrogen) atoms. The molecule has 1 saturated heterocycles. The first-order valence-electron chi connectivity index (χ1n) is 13.6. The van der Waals surface area contributed by atoms with Gasteiger partial charge in [0.05, 0.1) is 13.4 Å². The van der Waals surface area contributed by atoms with Gasteiger partial charge in [0.25, 0.3) is 10.1 Å². The molecule has 1 heterocycles. The molecule has 7 nitrogen and oxygen atoms in total. The van der Waals surface area contributed by atoms with E-state index in [1.165, 1.54) is 37.9 Å². The third-order valence-corrected chi connectivity index (χ3v) is 7.14. The van der Waals surface area contributed by atoms with Gasteiger partial charge in [-0.25, -0.2) is 0 Å². The van der Waals surface area contributed by atoms with Gasteiger partial charge in [0, 0.05) is 17.7 Å². The Morgan fingerprint density at radius 1 is 0.875 bits per heavy atom. The minimum absolute atomic E-state index is 0.0582. The zero-order valence-corrected chi connectivity index (χ0v) is 24.0. The maximum Gasteiger partial charge on any atom is 0.261 e. The number of Topliss-reactive ketones (excluding diaryl/α,β-unsaturated/α-hetero) is 1. The molecule has 2 aliphatic rings. The van der Waals surface area contributed by atoms with Crippen LogP contribution in [0.25, 0.3) is 11.1 Å². The number of carbonyl (C=O) groups excluding carboxylic acids is 1. The van der Waals surface area contributed by atoms with Crippen LogP contribution in [0.3, 0.4) is 0 Å². The summed E-state index contributed by atoms with van der Waals surface area (Å²) in [6.45, 7) is 3.97. The molecule has 0 atom stereocenters. The van der Waals surface area contributed by atoms with E-state index in [1.54, 1.807) is 7.11 Å². The Hall–Kier alpha value is -3.46. The Bertz CT molecular complexity index is 1410. The van der Waals surface area contributed by atoms with Gasteiger partial charge in [-0.1, -0.05) is 42.8 Å². The van der Waals surface area contributed by atoms with E-state index in [-0.39, 0.29) is 5.78 Å². The summed E-state index contributed by atoms with van der Waals surface area (Å²) in [6.07, 6.45) is 6.39. The van der Waals surface area contributed by atoms with Crippen molar-refractivity contribution in [3.05, 3.63) is 95.1 Å². The minimum Gasteiger partial charge on any atom is -0.497 e. The number of hydrogen-bond donors (Lipinski definition) is 1. The van der Waals surface area contributed by atoms with Crippen LogP contribution < -0.4 is 9.47 Å². The number of hydrogen-bond acceptors (Lipinski definition) is 6. The molecule has 1 aliphatic heterocycles. The number of likely N-dealkylation sites (tertiary alicyclic amines) is 1. The van der Waals surface area contributed by atoms with E-state index >= 15 is 0 Å². The van der Waals surface area contributed by atoms with Gasteiger partial charge in [-0.05, 0) is 97.4 Å². The van der Waals surface area contributed by atoms with E-state index in [4.69, 9.17) is 14.0 Å². The average Bonchev–Trinajstić information content (AvgIpc) is 2.96. The van der Waals surface area contributed by atoms with Crippen LogP contribution in [-0.4, -0.2) is 63.3 Å². The molecular weight excluding hydrogens is 526 g/mol. The lowest BCUT2D eigenvalue weighted by molar-refractivity contribution is 0.105. The number of carbonyl (C=O) groups is 1. The molecule has 212 valence electrons. The lowest BCUT2D eigenvalue weighted by Gasteiger charge is -2.26. The van der Waals surface area contributed by atoms with E-state index in [9.17, 15) is 13.2 Å². The van der Waals surface area contributed by atoms with E-state index in [2.05, 4.69) is 35.2 Å². The molecule has 0 aromatic heterocycles. The molecule has 5 rings (SSSR count). The van der Waals surface area contributed by atoms with Gasteiger partial charge in [-0.3, -0.25) is 14.2 Å². The molecule has 1 aliphatic carbocycles. The topological polar surface area (TPSA) is 93.1 Å². The Balaban J connectivity index is 0.000000681. The maximum atomic E-state index is 13.9. The fourth-order valence-electron chi connectivity index (χ4n) is 5.19. The highest BCUT2D eigenvalue weighted by molar-refractivity contribution is 7.85. The predicted octanol–water partition coefficient (Wildman–Crippen LogP) is 5.80. The van der Waals surface area contributed by atoms with Gasteiger partial charge in [0.15, 0.2) is 5.78 Å². The van der Waals surface area contributed by atoms with Gasteiger partial charge in [0.2, 0.25) is 0 Å². The Morgan fingerprint density at radius 3 is 2.15 bits per heavy atom. The predicted molar refractivity (Wildman–Crippen MR) is 159 cm³/mol. The third-order valence-electron chi connectivity index (χ3n) is 7.14. The van der Waals surface area contributed by atoms with Gasteiger partial charge in [-0.2, -0.15) is 8.42 Å². The molecule has 0 amide bonds. The van der Waals surface area contributed by atoms with Gasteiger partial charge >= 0.3 is 0 Å². The van der Waals surface area contributed by atoms with Gasteiger partial charge < -0.3 is 9.47 Å². The van der Waals surface area contributed by atoms with Crippen LogP contribution in [0.1, 0.15) is 52.7 Å². The summed E-state index contributed by atoms with van der Waals surface area (Å²) in [7, 11) is -2.00. The van der Waals surface area contributed by atoms with Crippen molar-refractivity contribution in [2.24, 2.45) is 0 Å². The summed E-state index contributed by atoms with van der Waals surface area (Å²) in [6, 6.07) is 23.9. The van der Waals surface area contributed by atoms with Crippen LogP contribution in [0.2, 0.25) is 0 Å². The summed E-state index contributed by atoms with van der Waals surface area (Å²) < 4.78 is 37.2. The third kappa shape index (κ3) is 8.27. The fraction of sp³-hybridized carbons (Fsp3) is 0.344. The number of aryl methyl sites for hydroxylation is 1. The zero-order chi connectivity index (χ0) is 28.5. The molecule has 0 bridgehead atoms. The normalized spacial score (nSPS) is 15.5. The first-order chi connectivity index (χ1) is 19.2. The highest BCUT2D eigenvalue weighted by Gasteiger charge is 2.26. The summed E-state index contributed by atoms with van der Waals surface area (Å²) in [4.78, 5) is 16.3. The van der Waals surface area contributed by atoms with Crippen molar-refractivity contribution in [3.63, 3.8) is 0 Å². The minimum atomic E-state index is -3.67. The van der Waals surface area contributed by atoms with Crippen LogP contribution in [0.5, 0.6) is 11.5 Å². The lowest BCUT2D eigenvalue weighted by Crippen LogP contribution is -2.33. The second-order valence-corrected chi connectivity index (χ2v) is 11.5. The van der Waals surface area contributed by atoms with Crippen LogP contribution in [-0.2, 0) is 16.5 Å².